The second-order valence-electron chi connectivity index (χ2n) is 10.9. The number of ether oxygens (including phenoxy) is 1. The third kappa shape index (κ3) is 6.15. The van der Waals surface area contributed by atoms with Crippen LogP contribution < -0.4 is 21.7 Å². The lowest BCUT2D eigenvalue weighted by Gasteiger charge is -2.32. The molecule has 0 bridgehead atoms. The maximum Gasteiger partial charge on any atom is 0.404 e. The van der Waals surface area contributed by atoms with Crippen molar-refractivity contribution in [2.24, 2.45) is 11.5 Å². The van der Waals surface area contributed by atoms with Crippen LogP contribution in [0.5, 0.6) is 0 Å². The van der Waals surface area contributed by atoms with Gasteiger partial charge < -0.3 is 26.4 Å². The van der Waals surface area contributed by atoms with Gasteiger partial charge in [-0.25, -0.2) is 9.78 Å². The molecular formula is C25H36N6O3. The van der Waals surface area contributed by atoms with E-state index in [0.29, 0.717) is 24.9 Å². The first kappa shape index (κ1) is 25.3. The predicted molar refractivity (Wildman–Crippen MR) is 134 cm³/mol. The van der Waals surface area contributed by atoms with Crippen LogP contribution in [0.25, 0.3) is 0 Å². The highest BCUT2D eigenvalue weighted by atomic mass is 16.6. The van der Waals surface area contributed by atoms with Crippen molar-refractivity contribution in [1.29, 1.82) is 0 Å². The monoisotopic (exact) mass is 468 g/mol. The summed E-state index contributed by atoms with van der Waals surface area (Å²) >= 11 is 0. The Labute approximate surface area is 201 Å². The number of hydrogen-bond acceptors (Lipinski definition) is 7. The summed E-state index contributed by atoms with van der Waals surface area (Å²) in [4.78, 5) is 34.2. The average Bonchev–Trinajstić information content (AvgIpc) is 2.72. The zero-order valence-corrected chi connectivity index (χ0v) is 20.9. The Bertz CT molecular complexity index is 1040. The number of nitrogens with two attached hydrogens (primary N) is 2. The fourth-order valence-electron chi connectivity index (χ4n) is 3.88. The van der Waals surface area contributed by atoms with Crippen molar-refractivity contribution in [3.63, 3.8) is 0 Å². The molecule has 1 aromatic heterocycles. The van der Waals surface area contributed by atoms with Gasteiger partial charge in [0, 0.05) is 18.4 Å². The number of nitrogens with one attached hydrogen (secondary N) is 1. The summed E-state index contributed by atoms with van der Waals surface area (Å²) in [6.07, 6.45) is 1.82. The molecule has 34 heavy (non-hydrogen) atoms. The summed E-state index contributed by atoms with van der Waals surface area (Å²) in [6, 6.07) is 6.36. The van der Waals surface area contributed by atoms with Gasteiger partial charge in [0.1, 0.15) is 17.5 Å². The van der Waals surface area contributed by atoms with Crippen LogP contribution in [0, 0.1) is 0 Å². The minimum absolute atomic E-state index is 0.0652. The summed E-state index contributed by atoms with van der Waals surface area (Å²) < 4.78 is 5.17. The minimum Gasteiger partial charge on any atom is -0.445 e. The summed E-state index contributed by atoms with van der Waals surface area (Å²) in [6.45, 7) is 14.1. The number of carbonyl (C=O) groups excluding carboxylic acids is 2. The minimum atomic E-state index is -0.799. The van der Waals surface area contributed by atoms with Crippen LogP contribution in [-0.2, 0) is 15.6 Å². The van der Waals surface area contributed by atoms with Crippen LogP contribution >= 0.6 is 0 Å². The number of carbonyl (C=O) groups is 2. The van der Waals surface area contributed by atoms with Gasteiger partial charge >= 0.3 is 6.09 Å². The van der Waals surface area contributed by atoms with Gasteiger partial charge in [0.15, 0.2) is 0 Å². The van der Waals surface area contributed by atoms with Crippen molar-refractivity contribution < 1.29 is 14.3 Å². The maximum absolute atomic E-state index is 12.1. The van der Waals surface area contributed by atoms with E-state index < -0.39 is 12.0 Å². The Kier molecular flexibility index (Phi) is 7.05. The molecule has 0 radical (unpaired) electrons. The summed E-state index contributed by atoms with van der Waals surface area (Å²) in [7, 11) is 0. The van der Waals surface area contributed by atoms with Crippen molar-refractivity contribution in [3.05, 3.63) is 41.1 Å². The van der Waals surface area contributed by atoms with Gasteiger partial charge in [-0.1, -0.05) is 47.6 Å². The molecule has 1 saturated heterocycles. The lowest BCUT2D eigenvalue weighted by atomic mass is 9.80. The third-order valence-electron chi connectivity index (χ3n) is 5.91. The Morgan fingerprint density at radius 1 is 1.06 bits per heavy atom. The van der Waals surface area contributed by atoms with Crippen molar-refractivity contribution in [2.75, 3.05) is 23.3 Å². The number of primary amides is 2. The molecule has 0 aliphatic carbocycles. The first-order valence-corrected chi connectivity index (χ1v) is 11.5. The van der Waals surface area contributed by atoms with Gasteiger partial charge in [-0.2, -0.15) is 4.98 Å². The zero-order valence-electron chi connectivity index (χ0n) is 20.9. The number of rotatable bonds is 5. The Hall–Kier alpha value is -3.36. The van der Waals surface area contributed by atoms with Crippen molar-refractivity contribution in [3.8, 4) is 0 Å². The maximum atomic E-state index is 12.1. The number of aromatic nitrogens is 2. The Morgan fingerprint density at radius 2 is 1.68 bits per heavy atom. The smallest absolute Gasteiger partial charge is 0.404 e. The number of benzene rings is 1. The molecule has 9 nitrogen and oxygen atoms in total. The van der Waals surface area contributed by atoms with Gasteiger partial charge in [-0.05, 0) is 46.9 Å². The van der Waals surface area contributed by atoms with Gasteiger partial charge in [-0.15, -0.1) is 0 Å². The zero-order chi connectivity index (χ0) is 25.3. The molecule has 2 amide bonds. The molecule has 1 atom stereocenters. The van der Waals surface area contributed by atoms with E-state index in [1.807, 2.05) is 4.90 Å². The fraction of sp³-hybridized carbons (Fsp3) is 0.520. The van der Waals surface area contributed by atoms with Crippen LogP contribution in [0.2, 0.25) is 0 Å². The van der Waals surface area contributed by atoms with Crippen LogP contribution in [-0.4, -0.2) is 41.2 Å². The molecule has 1 aliphatic rings. The van der Waals surface area contributed by atoms with E-state index in [1.54, 1.807) is 0 Å². The van der Waals surface area contributed by atoms with Crippen LogP contribution in [0.1, 0.15) is 75.9 Å². The highest BCUT2D eigenvalue weighted by Crippen LogP contribution is 2.33. The number of hydrogen-bond donors (Lipinski definition) is 3. The quantitative estimate of drug-likeness (QED) is 0.604. The summed E-state index contributed by atoms with van der Waals surface area (Å²) in [5.41, 5.74) is 14.0. The van der Waals surface area contributed by atoms with Crippen LogP contribution in [0.3, 0.4) is 0 Å². The topological polar surface area (TPSA) is 136 Å². The molecular weight excluding hydrogens is 432 g/mol. The van der Waals surface area contributed by atoms with Crippen molar-refractivity contribution >= 4 is 29.5 Å². The molecule has 5 N–H and O–H groups in total. The normalized spacial score (nSPS) is 16.8. The number of anilines is 3. The molecule has 1 fully saturated rings. The van der Waals surface area contributed by atoms with E-state index in [2.05, 4.69) is 75.0 Å². The largest absolute Gasteiger partial charge is 0.445 e. The number of amides is 2. The molecule has 1 aliphatic heterocycles. The molecule has 0 saturated carbocycles. The van der Waals surface area contributed by atoms with Crippen LogP contribution in [0.4, 0.5) is 22.2 Å². The van der Waals surface area contributed by atoms with Gasteiger partial charge in [0.2, 0.25) is 5.95 Å². The molecule has 9 heteroatoms. The Morgan fingerprint density at radius 3 is 2.21 bits per heavy atom. The van der Waals surface area contributed by atoms with Gasteiger partial charge in [-0.3, -0.25) is 4.79 Å². The summed E-state index contributed by atoms with van der Waals surface area (Å²) in [5.74, 6) is 0.139. The second-order valence-corrected chi connectivity index (χ2v) is 10.9. The molecule has 0 spiro atoms. The predicted octanol–water partition coefficient (Wildman–Crippen LogP) is 3.98. The first-order chi connectivity index (χ1) is 15.7. The first-order valence-electron chi connectivity index (χ1n) is 11.5. The number of piperidine rings is 1. The van der Waals surface area contributed by atoms with E-state index in [9.17, 15) is 9.59 Å². The van der Waals surface area contributed by atoms with Crippen molar-refractivity contribution in [1.82, 2.24) is 9.97 Å². The molecule has 2 heterocycles. The molecule has 184 valence electrons. The van der Waals surface area contributed by atoms with E-state index in [4.69, 9.17) is 16.2 Å². The molecule has 1 unspecified atom stereocenters. The number of nitrogens with zero attached hydrogens (tertiary/aromatic N) is 3. The second kappa shape index (κ2) is 9.48. The van der Waals surface area contributed by atoms with E-state index in [1.165, 1.54) is 17.3 Å². The Balaban J connectivity index is 1.99. The SMILES string of the molecule is CC(C)(C)c1cc(Nc2nc(N3CCCC(OC(N)=O)C3)ncc2C(N)=O)cc(C(C)(C)C)c1. The molecule has 1 aromatic carbocycles. The molecule has 3 rings (SSSR count). The standard InChI is InChI=1S/C25H36N6O3/c1-24(2,3)15-10-16(25(4,5)6)12-17(11-15)29-21-19(20(26)32)13-28-23(30-21)31-9-7-8-18(14-31)34-22(27)33/h10-13,18H,7-9,14H2,1-6H3,(H2,26,32)(H2,27,33)(H,28,29,30). The average molecular weight is 469 g/mol. The fourth-order valence-corrected chi connectivity index (χ4v) is 3.88. The van der Waals surface area contributed by atoms with E-state index in [-0.39, 0.29) is 22.5 Å². The van der Waals surface area contributed by atoms with E-state index in [0.717, 1.165) is 18.5 Å². The summed E-state index contributed by atoms with van der Waals surface area (Å²) in [5, 5.41) is 3.32. The van der Waals surface area contributed by atoms with Gasteiger partial charge in [0.05, 0.1) is 6.54 Å². The van der Waals surface area contributed by atoms with Crippen molar-refractivity contribution in [2.45, 2.75) is 71.3 Å². The van der Waals surface area contributed by atoms with Crippen LogP contribution in [0.15, 0.2) is 24.4 Å². The molecule has 2 aromatic rings. The lowest BCUT2D eigenvalue weighted by Crippen LogP contribution is -2.42. The van der Waals surface area contributed by atoms with Gasteiger partial charge in [0.25, 0.3) is 5.91 Å². The highest BCUT2D eigenvalue weighted by molar-refractivity contribution is 5.98. The lowest BCUT2D eigenvalue weighted by molar-refractivity contribution is 0.0959. The van der Waals surface area contributed by atoms with E-state index >= 15 is 0 Å². The highest BCUT2D eigenvalue weighted by Gasteiger charge is 2.26. The third-order valence-corrected chi connectivity index (χ3v) is 5.91.